The minimum absolute atomic E-state index is 0.0821. The van der Waals surface area contributed by atoms with E-state index in [1.165, 1.54) is 98.4 Å². The minimum Gasteiger partial charge on any atom is -0.454 e. The van der Waals surface area contributed by atoms with Crippen molar-refractivity contribution in [3.05, 3.63) is 192 Å². The van der Waals surface area contributed by atoms with Crippen LogP contribution in [0, 0.1) is 0 Å². The van der Waals surface area contributed by atoms with Gasteiger partial charge in [-0.2, -0.15) is 0 Å². The summed E-state index contributed by atoms with van der Waals surface area (Å²) in [5.41, 5.74) is 14.6. The van der Waals surface area contributed by atoms with Gasteiger partial charge in [-0.1, -0.05) is 134 Å². The molecule has 1 aliphatic carbocycles. The summed E-state index contributed by atoms with van der Waals surface area (Å²) >= 11 is 0. The molecule has 2 atom stereocenters. The minimum atomic E-state index is -0.0821. The summed E-state index contributed by atoms with van der Waals surface area (Å²) in [6, 6.07) is 60.4. The predicted octanol–water partition coefficient (Wildman–Crippen LogP) is 15.0. The van der Waals surface area contributed by atoms with Crippen molar-refractivity contribution in [2.75, 3.05) is 0 Å². The molecule has 2 aliphatic rings. The number of hydrogen-bond donors (Lipinski definition) is 0. The zero-order valence-corrected chi connectivity index (χ0v) is 33.7. The third-order valence-corrected chi connectivity index (χ3v) is 14.1. The van der Waals surface area contributed by atoms with Crippen molar-refractivity contribution in [3.63, 3.8) is 0 Å². The van der Waals surface area contributed by atoms with E-state index in [1.54, 1.807) is 0 Å². The maximum absolute atomic E-state index is 7.21. The summed E-state index contributed by atoms with van der Waals surface area (Å²) in [5.74, 6) is 1.98. The first-order valence-corrected chi connectivity index (χ1v) is 21.7. The quantitative estimate of drug-likeness (QED) is 0.172. The molecule has 1 aliphatic heterocycles. The van der Waals surface area contributed by atoms with Gasteiger partial charge in [0.2, 0.25) is 0 Å². The van der Waals surface area contributed by atoms with Gasteiger partial charge in [-0.15, -0.1) is 0 Å². The van der Waals surface area contributed by atoms with Gasteiger partial charge in [0.05, 0.1) is 33.3 Å². The molecule has 2 unspecified atom stereocenters. The highest BCUT2D eigenvalue weighted by Gasteiger charge is 2.37. The molecule has 4 nitrogen and oxygen atoms in total. The largest absolute Gasteiger partial charge is 0.454 e. The maximum Gasteiger partial charge on any atom is 0.153 e. The van der Waals surface area contributed by atoms with Crippen molar-refractivity contribution >= 4 is 93.2 Å². The summed E-state index contributed by atoms with van der Waals surface area (Å²) in [5, 5.41) is 11.4. The lowest BCUT2D eigenvalue weighted by Gasteiger charge is -2.25. The van der Waals surface area contributed by atoms with E-state index in [-0.39, 0.29) is 11.8 Å². The van der Waals surface area contributed by atoms with Gasteiger partial charge in [-0.3, -0.25) is 4.57 Å². The summed E-state index contributed by atoms with van der Waals surface area (Å²) in [7, 11) is 0. The van der Waals surface area contributed by atoms with E-state index in [2.05, 4.69) is 186 Å². The number of allylic oxidation sites excluding steroid dienone is 1. The van der Waals surface area contributed by atoms with E-state index < -0.39 is 0 Å². The number of aryl methyl sites for hydroxylation is 1. The normalized spacial score (nSPS) is 18.6. The second kappa shape index (κ2) is 12.3. The zero-order valence-electron chi connectivity index (χ0n) is 33.7. The van der Waals surface area contributed by atoms with Gasteiger partial charge in [-0.25, -0.2) is 4.99 Å². The first-order valence-electron chi connectivity index (χ1n) is 21.7. The number of benzene rings is 8. The zero-order chi connectivity index (χ0) is 39.9. The van der Waals surface area contributed by atoms with Crippen LogP contribution in [0.2, 0.25) is 0 Å². The smallest absolute Gasteiger partial charge is 0.153 e. The van der Waals surface area contributed by atoms with E-state index in [1.807, 2.05) is 0 Å². The molecule has 4 aromatic heterocycles. The van der Waals surface area contributed by atoms with Crippen LogP contribution in [0.5, 0.6) is 0 Å². The Morgan fingerprint density at radius 2 is 1.23 bits per heavy atom. The van der Waals surface area contributed by atoms with Gasteiger partial charge >= 0.3 is 0 Å². The fourth-order valence-electron chi connectivity index (χ4n) is 11.6. The number of para-hydroxylation sites is 4. The lowest BCUT2D eigenvalue weighted by molar-refractivity contribution is 0.583. The molecule has 12 aromatic rings. The van der Waals surface area contributed by atoms with Crippen molar-refractivity contribution < 1.29 is 4.42 Å². The van der Waals surface area contributed by atoms with Crippen molar-refractivity contribution in [1.29, 1.82) is 0 Å². The Labute approximate surface area is 351 Å². The highest BCUT2D eigenvalue weighted by atomic mass is 16.3. The predicted molar refractivity (Wildman–Crippen MR) is 255 cm³/mol. The summed E-state index contributed by atoms with van der Waals surface area (Å²) in [4.78, 5) is 6.07. The monoisotopic (exact) mass is 781 g/mol. The van der Waals surface area contributed by atoms with Crippen LogP contribution in [0.25, 0.3) is 98.6 Å². The third-order valence-electron chi connectivity index (χ3n) is 14.1. The summed E-state index contributed by atoms with van der Waals surface area (Å²) < 4.78 is 12.2. The first kappa shape index (κ1) is 33.4. The van der Waals surface area contributed by atoms with Gasteiger partial charge in [0, 0.05) is 49.2 Å². The number of rotatable bonds is 2. The molecule has 0 saturated heterocycles. The van der Waals surface area contributed by atoms with Crippen molar-refractivity contribution in [2.45, 2.75) is 38.0 Å². The molecule has 0 radical (unpaired) electrons. The van der Waals surface area contributed by atoms with Crippen LogP contribution >= 0.6 is 0 Å². The average molecular weight is 782 g/mol. The molecular weight excluding hydrogens is 743 g/mol. The Morgan fingerprint density at radius 1 is 0.557 bits per heavy atom. The molecule has 288 valence electrons. The summed E-state index contributed by atoms with van der Waals surface area (Å²) in [6.45, 7) is 2.37. The van der Waals surface area contributed by atoms with E-state index in [4.69, 9.17) is 9.41 Å². The number of aliphatic imine (C=N–C) groups is 1. The SMILES string of the molecule is CC1C/C=C(n2c3ccccc3c3c4ccccc4ccc32)/N=C(/C2CCc3ccccc3-c3cc4c5ccccc5n5c6ccccc6c(c32)c45)c2oc3ccccc3c21. The fraction of sp³-hybridized carbons (Fsp3) is 0.105. The number of aromatic nitrogens is 2. The molecule has 0 N–H and O–H groups in total. The van der Waals surface area contributed by atoms with E-state index in [0.29, 0.717) is 0 Å². The lowest BCUT2D eigenvalue weighted by atomic mass is 9.81. The van der Waals surface area contributed by atoms with Crippen LogP contribution < -0.4 is 0 Å². The second-order valence-electron chi connectivity index (χ2n) is 17.3. The number of hydrogen-bond acceptors (Lipinski definition) is 2. The van der Waals surface area contributed by atoms with Crippen LogP contribution in [-0.2, 0) is 6.42 Å². The van der Waals surface area contributed by atoms with Gasteiger partial charge in [0.15, 0.2) is 5.76 Å². The van der Waals surface area contributed by atoms with Crippen LogP contribution in [0.1, 0.15) is 54.1 Å². The molecule has 0 amide bonds. The topological polar surface area (TPSA) is 34.8 Å². The maximum atomic E-state index is 7.21. The Morgan fingerprint density at radius 3 is 2.08 bits per heavy atom. The second-order valence-corrected chi connectivity index (χ2v) is 17.3. The third kappa shape index (κ3) is 4.46. The highest BCUT2D eigenvalue weighted by Crippen LogP contribution is 2.52. The van der Waals surface area contributed by atoms with Crippen molar-refractivity contribution in [2.24, 2.45) is 4.99 Å². The molecule has 0 spiro atoms. The Balaban J connectivity index is 1.14. The molecule has 61 heavy (non-hydrogen) atoms. The Bertz CT molecular complexity index is 3890. The molecule has 8 aromatic carbocycles. The van der Waals surface area contributed by atoms with Crippen LogP contribution in [0.3, 0.4) is 0 Å². The number of furan rings is 1. The molecule has 4 heteroatoms. The van der Waals surface area contributed by atoms with Crippen LogP contribution in [0.4, 0.5) is 0 Å². The summed E-state index contributed by atoms with van der Waals surface area (Å²) in [6.07, 6.45) is 5.04. The highest BCUT2D eigenvalue weighted by molar-refractivity contribution is 6.28. The lowest BCUT2D eigenvalue weighted by Crippen LogP contribution is -2.19. The molecular formula is C57H39N3O. The Hall–Kier alpha value is -7.43. The molecule has 0 fully saturated rings. The Kier molecular flexibility index (Phi) is 6.74. The standard InChI is InChI=1S/C57H39N3O/c1-33-26-31-50(59-46-23-11-7-19-39(46)52-37-17-5-3-15-35(37)28-30-48(52)59)58-55(57-51(33)41-21-9-13-25-49(41)61-57)42-29-27-34-14-2-4-16-36(34)43-32-44-38-18-6-10-22-45(38)60-47-24-12-8-20-40(47)54(53(42)43)56(44)60/h2-25,28,30-33,42H,26-27,29H2,1H3/b50-31-,58-55-. The van der Waals surface area contributed by atoms with Gasteiger partial charge in [0.25, 0.3) is 0 Å². The van der Waals surface area contributed by atoms with Crippen LogP contribution in [-0.4, -0.2) is 14.7 Å². The molecule has 14 rings (SSSR count). The number of fused-ring (bicyclic) bond motifs is 18. The van der Waals surface area contributed by atoms with Crippen molar-refractivity contribution in [3.8, 4) is 11.1 Å². The molecule has 5 heterocycles. The first-order chi connectivity index (χ1) is 30.2. The average Bonchev–Trinajstić information content (AvgIpc) is 4.02. The van der Waals surface area contributed by atoms with E-state index >= 15 is 0 Å². The van der Waals surface area contributed by atoms with Gasteiger partial charge in [0.1, 0.15) is 11.4 Å². The van der Waals surface area contributed by atoms with E-state index in [9.17, 15) is 0 Å². The van der Waals surface area contributed by atoms with Crippen molar-refractivity contribution in [1.82, 2.24) is 8.97 Å². The van der Waals surface area contributed by atoms with Gasteiger partial charge < -0.3 is 8.82 Å². The molecule has 0 bridgehead atoms. The number of nitrogens with zero attached hydrogens (tertiary/aromatic N) is 3. The van der Waals surface area contributed by atoms with Gasteiger partial charge in [-0.05, 0) is 101 Å². The fourth-order valence-corrected chi connectivity index (χ4v) is 11.6. The van der Waals surface area contributed by atoms with E-state index in [0.717, 1.165) is 47.7 Å². The van der Waals surface area contributed by atoms with Crippen LogP contribution in [0.15, 0.2) is 179 Å². The molecule has 0 saturated carbocycles.